The highest BCUT2D eigenvalue weighted by Gasteiger charge is 2.13. The minimum absolute atomic E-state index is 0.147. The minimum Gasteiger partial charge on any atom is -0.482 e. The van der Waals surface area contributed by atoms with Gasteiger partial charge in [-0.1, -0.05) is 12.1 Å². The summed E-state index contributed by atoms with van der Waals surface area (Å²) in [6.45, 7) is 1.51. The Morgan fingerprint density at radius 3 is 2.50 bits per heavy atom. The van der Waals surface area contributed by atoms with E-state index in [0.717, 1.165) is 5.56 Å². The van der Waals surface area contributed by atoms with Gasteiger partial charge in [0, 0.05) is 13.2 Å². The van der Waals surface area contributed by atoms with Crippen LogP contribution in [-0.4, -0.2) is 28.2 Å². The molecule has 2 rings (SSSR count). The van der Waals surface area contributed by atoms with Crippen LogP contribution in [0.5, 0.6) is 5.75 Å². The van der Waals surface area contributed by atoms with E-state index < -0.39 is 5.97 Å². The van der Waals surface area contributed by atoms with Crippen molar-refractivity contribution in [2.24, 2.45) is 7.05 Å². The topological polar surface area (TPSA) is 80.6 Å². The third kappa shape index (κ3) is 3.88. The zero-order valence-corrected chi connectivity index (χ0v) is 12.4. The van der Waals surface area contributed by atoms with Crippen LogP contribution in [0.25, 0.3) is 0 Å². The van der Waals surface area contributed by atoms with Gasteiger partial charge in [-0.15, -0.1) is 0 Å². The summed E-state index contributed by atoms with van der Waals surface area (Å²) in [5.74, 6) is -0.689. The van der Waals surface area contributed by atoms with E-state index >= 15 is 0 Å². The molecule has 1 amide bonds. The fourth-order valence-corrected chi connectivity index (χ4v) is 2.05. The molecule has 0 saturated carbocycles. The molecule has 1 aromatic carbocycles. The van der Waals surface area contributed by atoms with Gasteiger partial charge < -0.3 is 19.7 Å². The predicted molar refractivity (Wildman–Crippen MR) is 80.9 cm³/mol. The van der Waals surface area contributed by atoms with Gasteiger partial charge in [-0.25, -0.2) is 4.79 Å². The van der Waals surface area contributed by atoms with E-state index in [9.17, 15) is 9.59 Å². The van der Waals surface area contributed by atoms with Crippen molar-refractivity contribution < 1.29 is 19.4 Å². The SMILES string of the molecule is CC(NC(=O)c1cccn1C)c1ccc(OCC(=O)O)cc1. The molecule has 6 nitrogen and oxygen atoms in total. The van der Waals surface area contributed by atoms with Gasteiger partial charge in [-0.3, -0.25) is 4.79 Å². The highest BCUT2D eigenvalue weighted by molar-refractivity contribution is 5.92. The summed E-state index contributed by atoms with van der Waals surface area (Å²) in [7, 11) is 1.81. The number of carbonyl (C=O) groups is 2. The van der Waals surface area contributed by atoms with Crippen LogP contribution in [-0.2, 0) is 11.8 Å². The van der Waals surface area contributed by atoms with Crippen molar-refractivity contribution in [3.05, 3.63) is 53.9 Å². The molecule has 0 aliphatic heterocycles. The van der Waals surface area contributed by atoms with E-state index in [2.05, 4.69) is 5.32 Å². The number of nitrogens with one attached hydrogen (secondary N) is 1. The van der Waals surface area contributed by atoms with Gasteiger partial charge in [0.1, 0.15) is 11.4 Å². The molecule has 0 bridgehead atoms. The molecule has 0 aliphatic rings. The van der Waals surface area contributed by atoms with Crippen LogP contribution in [0.3, 0.4) is 0 Å². The van der Waals surface area contributed by atoms with Gasteiger partial charge in [0.25, 0.3) is 5.91 Å². The van der Waals surface area contributed by atoms with E-state index in [1.807, 2.05) is 26.2 Å². The number of aromatic nitrogens is 1. The highest BCUT2D eigenvalue weighted by Crippen LogP contribution is 2.18. The van der Waals surface area contributed by atoms with Crippen molar-refractivity contribution in [2.45, 2.75) is 13.0 Å². The number of rotatable bonds is 6. The number of hydrogen-bond acceptors (Lipinski definition) is 3. The molecule has 116 valence electrons. The standard InChI is InChI=1S/C16H18N2O4/c1-11(17-16(21)14-4-3-9-18(14)2)12-5-7-13(8-6-12)22-10-15(19)20/h3-9,11H,10H2,1-2H3,(H,17,21)(H,19,20). The maximum absolute atomic E-state index is 12.1. The van der Waals surface area contributed by atoms with E-state index in [0.29, 0.717) is 11.4 Å². The fraction of sp³-hybridized carbons (Fsp3) is 0.250. The normalized spacial score (nSPS) is 11.7. The summed E-state index contributed by atoms with van der Waals surface area (Å²) in [4.78, 5) is 22.6. The maximum atomic E-state index is 12.1. The number of amides is 1. The second-order valence-corrected chi connectivity index (χ2v) is 4.95. The fourth-order valence-electron chi connectivity index (χ4n) is 2.05. The molecule has 0 spiro atoms. The lowest BCUT2D eigenvalue weighted by Crippen LogP contribution is -2.28. The lowest BCUT2D eigenvalue weighted by Gasteiger charge is -2.15. The summed E-state index contributed by atoms with van der Waals surface area (Å²) in [5, 5.41) is 11.5. The Morgan fingerprint density at radius 2 is 1.95 bits per heavy atom. The van der Waals surface area contributed by atoms with Crippen LogP contribution in [0, 0.1) is 0 Å². The van der Waals surface area contributed by atoms with Gasteiger partial charge in [0.15, 0.2) is 6.61 Å². The summed E-state index contributed by atoms with van der Waals surface area (Å²) >= 11 is 0. The maximum Gasteiger partial charge on any atom is 0.341 e. The van der Waals surface area contributed by atoms with Crippen LogP contribution in [0.4, 0.5) is 0 Å². The van der Waals surface area contributed by atoms with Gasteiger partial charge >= 0.3 is 5.97 Å². The Hall–Kier alpha value is -2.76. The van der Waals surface area contributed by atoms with Crippen molar-refractivity contribution in [1.82, 2.24) is 9.88 Å². The Morgan fingerprint density at radius 1 is 1.27 bits per heavy atom. The van der Waals surface area contributed by atoms with Crippen molar-refractivity contribution in [3.8, 4) is 5.75 Å². The molecule has 1 aromatic heterocycles. The number of aryl methyl sites for hydroxylation is 1. The first-order valence-corrected chi connectivity index (χ1v) is 6.84. The number of hydrogen-bond donors (Lipinski definition) is 2. The molecular weight excluding hydrogens is 284 g/mol. The number of benzene rings is 1. The average molecular weight is 302 g/mol. The quantitative estimate of drug-likeness (QED) is 0.855. The first-order chi connectivity index (χ1) is 10.5. The summed E-state index contributed by atoms with van der Waals surface area (Å²) in [6.07, 6.45) is 1.81. The molecule has 0 saturated heterocycles. The minimum atomic E-state index is -1.02. The molecule has 6 heteroatoms. The van der Waals surface area contributed by atoms with E-state index in [-0.39, 0.29) is 18.6 Å². The Labute approximate surface area is 128 Å². The highest BCUT2D eigenvalue weighted by atomic mass is 16.5. The summed E-state index contributed by atoms with van der Waals surface area (Å²) in [6, 6.07) is 10.4. The smallest absolute Gasteiger partial charge is 0.341 e. The molecule has 2 N–H and O–H groups in total. The number of ether oxygens (including phenoxy) is 1. The second-order valence-electron chi connectivity index (χ2n) is 4.95. The molecular formula is C16H18N2O4. The molecule has 22 heavy (non-hydrogen) atoms. The van der Waals surface area contributed by atoms with E-state index in [1.54, 1.807) is 34.9 Å². The Kier molecular flexibility index (Phi) is 4.83. The number of carboxylic acids is 1. The zero-order chi connectivity index (χ0) is 16.1. The molecule has 1 unspecified atom stereocenters. The van der Waals surface area contributed by atoms with E-state index in [1.165, 1.54) is 0 Å². The molecule has 0 aliphatic carbocycles. The van der Waals surface area contributed by atoms with Crippen molar-refractivity contribution >= 4 is 11.9 Å². The molecule has 2 aromatic rings. The molecule has 0 radical (unpaired) electrons. The molecule has 1 atom stereocenters. The number of carboxylic acid groups (broad SMARTS) is 1. The number of nitrogens with zero attached hydrogens (tertiary/aromatic N) is 1. The van der Waals surface area contributed by atoms with Crippen LogP contribution in [0.15, 0.2) is 42.6 Å². The van der Waals surface area contributed by atoms with Crippen molar-refractivity contribution in [2.75, 3.05) is 6.61 Å². The first kappa shape index (κ1) is 15.6. The molecule has 1 heterocycles. The summed E-state index contributed by atoms with van der Waals surface area (Å²) < 4.78 is 6.82. The largest absolute Gasteiger partial charge is 0.482 e. The Bertz CT molecular complexity index is 661. The molecule has 0 fully saturated rings. The van der Waals surface area contributed by atoms with Crippen molar-refractivity contribution in [1.29, 1.82) is 0 Å². The third-order valence-corrected chi connectivity index (χ3v) is 3.27. The second kappa shape index (κ2) is 6.80. The van der Waals surface area contributed by atoms with Gasteiger partial charge in [-0.05, 0) is 36.8 Å². The lowest BCUT2D eigenvalue weighted by atomic mass is 10.1. The monoisotopic (exact) mass is 302 g/mol. The predicted octanol–water partition coefficient (Wildman–Crippen LogP) is 1.98. The average Bonchev–Trinajstić information content (AvgIpc) is 2.91. The first-order valence-electron chi connectivity index (χ1n) is 6.84. The van der Waals surface area contributed by atoms with Crippen molar-refractivity contribution in [3.63, 3.8) is 0 Å². The van der Waals surface area contributed by atoms with Gasteiger partial charge in [0.2, 0.25) is 0 Å². The number of aliphatic carboxylic acids is 1. The lowest BCUT2D eigenvalue weighted by molar-refractivity contribution is -0.139. The Balaban J connectivity index is 1.98. The van der Waals surface area contributed by atoms with Crippen LogP contribution in [0.2, 0.25) is 0 Å². The van der Waals surface area contributed by atoms with E-state index in [4.69, 9.17) is 9.84 Å². The number of carbonyl (C=O) groups excluding carboxylic acids is 1. The zero-order valence-electron chi connectivity index (χ0n) is 12.4. The van der Waals surface area contributed by atoms with Gasteiger partial charge in [-0.2, -0.15) is 0 Å². The van der Waals surface area contributed by atoms with Crippen LogP contribution in [0.1, 0.15) is 29.0 Å². The summed E-state index contributed by atoms with van der Waals surface area (Å²) in [5.41, 5.74) is 1.50. The van der Waals surface area contributed by atoms with Crippen LogP contribution >= 0.6 is 0 Å². The van der Waals surface area contributed by atoms with Crippen LogP contribution < -0.4 is 10.1 Å². The van der Waals surface area contributed by atoms with Gasteiger partial charge in [0.05, 0.1) is 6.04 Å². The third-order valence-electron chi connectivity index (χ3n) is 3.27.